The van der Waals surface area contributed by atoms with Crippen LogP contribution in [0.3, 0.4) is 0 Å². The van der Waals surface area contributed by atoms with E-state index in [4.69, 9.17) is 4.52 Å². The molecule has 1 unspecified atom stereocenters. The summed E-state index contributed by atoms with van der Waals surface area (Å²) in [5.74, 6) is 0. The first-order chi connectivity index (χ1) is 9.67. The summed E-state index contributed by atoms with van der Waals surface area (Å²) in [5, 5.41) is 2.03. The number of hydrogen-bond donors (Lipinski definition) is 0. The van der Waals surface area contributed by atoms with Crippen molar-refractivity contribution < 1.29 is 13.7 Å². The molecule has 0 aromatic rings. The molecule has 0 spiro atoms. The van der Waals surface area contributed by atoms with Gasteiger partial charge in [0.1, 0.15) is 0 Å². The smallest absolute Gasteiger partial charge is 0.277 e. The second kappa shape index (κ2) is 6.52. The maximum absolute atomic E-state index is 13.7. The van der Waals surface area contributed by atoms with Crippen LogP contribution in [0.15, 0.2) is 0 Å². The fourth-order valence-corrected chi connectivity index (χ4v) is 5.20. The molecular formula is C16H37N3O2P+. The van der Waals surface area contributed by atoms with Crippen molar-refractivity contribution in [2.45, 2.75) is 46.7 Å². The topological polar surface area (TPSA) is 32.8 Å². The van der Waals surface area contributed by atoms with Crippen LogP contribution in [0.5, 0.6) is 0 Å². The van der Waals surface area contributed by atoms with E-state index in [1.165, 1.54) is 0 Å². The lowest BCUT2D eigenvalue weighted by atomic mass is 9.99. The number of piperazine rings is 1. The van der Waals surface area contributed by atoms with Gasteiger partial charge in [0.05, 0.1) is 46.0 Å². The molecule has 22 heavy (non-hydrogen) atoms. The lowest BCUT2D eigenvalue weighted by molar-refractivity contribution is -0.987. The molecule has 1 fully saturated rings. The third kappa shape index (κ3) is 5.04. The Morgan fingerprint density at radius 1 is 0.955 bits per heavy atom. The molecule has 132 valence electrons. The fraction of sp³-hybridized carbons (Fsp3) is 1.00. The monoisotopic (exact) mass is 334 g/mol. The van der Waals surface area contributed by atoms with Gasteiger partial charge in [0, 0.05) is 13.1 Å². The van der Waals surface area contributed by atoms with Crippen molar-refractivity contribution in [3.05, 3.63) is 0 Å². The van der Waals surface area contributed by atoms with Crippen LogP contribution in [0, 0.1) is 5.41 Å². The summed E-state index contributed by atoms with van der Waals surface area (Å²) >= 11 is 0. The highest BCUT2D eigenvalue weighted by atomic mass is 31.2. The van der Waals surface area contributed by atoms with Crippen LogP contribution in [-0.4, -0.2) is 73.4 Å². The molecule has 0 bridgehead atoms. The van der Waals surface area contributed by atoms with Crippen molar-refractivity contribution in [3.63, 3.8) is 0 Å². The second-order valence-corrected chi connectivity index (χ2v) is 12.6. The molecule has 0 radical (unpaired) electrons. The van der Waals surface area contributed by atoms with Gasteiger partial charge in [0.2, 0.25) is 0 Å². The molecule has 1 aliphatic rings. The average Bonchev–Trinajstić information content (AvgIpc) is 2.32. The maximum atomic E-state index is 13.7. The highest BCUT2D eigenvalue weighted by Gasteiger charge is 2.46. The zero-order chi connectivity index (χ0) is 17.4. The third-order valence-electron chi connectivity index (χ3n) is 3.97. The molecule has 0 amide bonds. The summed E-state index contributed by atoms with van der Waals surface area (Å²) in [7, 11) is 3.67. The molecule has 0 aliphatic carbocycles. The third-order valence-corrected chi connectivity index (χ3v) is 7.29. The van der Waals surface area contributed by atoms with E-state index in [2.05, 4.69) is 51.6 Å². The van der Waals surface area contributed by atoms with Crippen LogP contribution in [0.2, 0.25) is 0 Å². The van der Waals surface area contributed by atoms with Crippen molar-refractivity contribution in [2.75, 3.05) is 53.9 Å². The van der Waals surface area contributed by atoms with Gasteiger partial charge in [0.25, 0.3) is 7.52 Å². The Hall–Kier alpha value is 0.0700. The summed E-state index contributed by atoms with van der Waals surface area (Å²) in [5.41, 5.74) is 0.0189. The van der Waals surface area contributed by atoms with Gasteiger partial charge in [0.15, 0.2) is 0 Å². The van der Waals surface area contributed by atoms with Gasteiger partial charge in [-0.1, -0.05) is 20.8 Å². The lowest BCUT2D eigenvalue weighted by Gasteiger charge is -2.46. The Bertz CT molecular complexity index is 411. The SMILES string of the molecule is CC(C)(C)COP(=O)(N1CCN([N+](C)(C)C)CC1)C(C)(C)C. The summed E-state index contributed by atoms with van der Waals surface area (Å²) in [4.78, 5) is 0. The van der Waals surface area contributed by atoms with Gasteiger partial charge in [-0.25, -0.2) is 4.67 Å². The molecule has 6 heteroatoms. The second-order valence-electron chi connectivity index (χ2n) is 9.37. The van der Waals surface area contributed by atoms with Crippen molar-refractivity contribution in [2.24, 2.45) is 5.41 Å². The van der Waals surface area contributed by atoms with Gasteiger partial charge >= 0.3 is 0 Å². The van der Waals surface area contributed by atoms with Gasteiger partial charge in [-0.05, 0) is 26.2 Å². The summed E-state index contributed by atoms with van der Waals surface area (Å²) in [6.45, 7) is 16.4. The van der Waals surface area contributed by atoms with E-state index < -0.39 is 7.52 Å². The molecule has 0 aromatic heterocycles. The molecule has 1 rings (SSSR count). The van der Waals surface area contributed by atoms with Gasteiger partial charge < -0.3 is 4.52 Å². The molecule has 1 saturated heterocycles. The zero-order valence-corrected chi connectivity index (χ0v) is 17.0. The van der Waals surface area contributed by atoms with Crippen molar-refractivity contribution >= 4 is 7.52 Å². The van der Waals surface area contributed by atoms with E-state index in [1.54, 1.807) is 0 Å². The quantitative estimate of drug-likeness (QED) is 0.583. The van der Waals surface area contributed by atoms with Crippen molar-refractivity contribution in [3.8, 4) is 0 Å². The predicted octanol–water partition coefficient (Wildman–Crippen LogP) is 3.28. The van der Waals surface area contributed by atoms with E-state index in [1.807, 2.05) is 20.8 Å². The number of hydrogen-bond acceptors (Lipinski definition) is 3. The molecule has 0 saturated carbocycles. The minimum Gasteiger partial charge on any atom is -0.316 e. The summed E-state index contributed by atoms with van der Waals surface area (Å²) < 4.78 is 22.7. The minimum atomic E-state index is -2.85. The van der Waals surface area contributed by atoms with E-state index in [0.29, 0.717) is 6.61 Å². The first kappa shape index (κ1) is 20.1. The Morgan fingerprint density at radius 2 is 1.41 bits per heavy atom. The van der Waals surface area contributed by atoms with E-state index in [0.717, 1.165) is 30.8 Å². The first-order valence-corrected chi connectivity index (χ1v) is 9.82. The summed E-state index contributed by atoms with van der Waals surface area (Å²) in [6.07, 6.45) is 0. The highest BCUT2D eigenvalue weighted by Crippen LogP contribution is 2.62. The molecule has 1 heterocycles. The number of nitrogens with zero attached hydrogens (tertiary/aromatic N) is 3. The van der Waals surface area contributed by atoms with Gasteiger partial charge in [-0.15, -0.1) is 0 Å². The van der Waals surface area contributed by atoms with Crippen LogP contribution in [0.4, 0.5) is 0 Å². The summed E-state index contributed by atoms with van der Waals surface area (Å²) in [6, 6.07) is 0. The van der Waals surface area contributed by atoms with Crippen LogP contribution in [-0.2, 0) is 9.09 Å². The molecule has 1 atom stereocenters. The molecular weight excluding hydrogens is 297 g/mol. The predicted molar refractivity (Wildman–Crippen MR) is 93.9 cm³/mol. The Labute approximate surface area is 137 Å². The minimum absolute atomic E-state index is 0.0189. The normalized spacial score (nSPS) is 22.6. The molecule has 0 N–H and O–H groups in total. The van der Waals surface area contributed by atoms with Crippen molar-refractivity contribution in [1.82, 2.24) is 9.68 Å². The van der Waals surface area contributed by atoms with Crippen LogP contribution in [0.25, 0.3) is 0 Å². The van der Waals surface area contributed by atoms with Gasteiger partial charge in [-0.3, -0.25) is 9.16 Å². The number of rotatable bonds is 4. The lowest BCUT2D eigenvalue weighted by Crippen LogP contribution is -2.59. The van der Waals surface area contributed by atoms with E-state index in [9.17, 15) is 4.57 Å². The maximum Gasteiger partial charge on any atom is 0.277 e. The fourth-order valence-electron chi connectivity index (χ4n) is 2.53. The van der Waals surface area contributed by atoms with Crippen molar-refractivity contribution in [1.29, 1.82) is 0 Å². The van der Waals surface area contributed by atoms with Crippen LogP contribution < -0.4 is 0 Å². The Morgan fingerprint density at radius 3 is 1.73 bits per heavy atom. The molecule has 0 aromatic carbocycles. The molecule has 1 aliphatic heterocycles. The molecule has 5 nitrogen and oxygen atoms in total. The average molecular weight is 334 g/mol. The highest BCUT2D eigenvalue weighted by molar-refractivity contribution is 7.58. The first-order valence-electron chi connectivity index (χ1n) is 8.24. The van der Waals surface area contributed by atoms with E-state index >= 15 is 0 Å². The zero-order valence-electron chi connectivity index (χ0n) is 16.1. The van der Waals surface area contributed by atoms with E-state index in [-0.39, 0.29) is 10.6 Å². The Balaban J connectivity index is 2.85. The standard InChI is InChI=1S/C16H37N3O2P/c1-15(2,3)14-21-22(20,16(4,5)6)18-12-10-17(11-13-18)19(7,8)9/h10-14H2,1-9H3/q+1. The van der Waals surface area contributed by atoms with Gasteiger partial charge in [-0.2, -0.15) is 5.01 Å². The largest absolute Gasteiger partial charge is 0.316 e. The van der Waals surface area contributed by atoms with Crippen LogP contribution in [0.1, 0.15) is 41.5 Å². The number of quaternary nitrogens is 1. The van der Waals surface area contributed by atoms with Crippen LogP contribution >= 0.6 is 7.52 Å². The Kier molecular flexibility index (Phi) is 5.96.